The first-order valence-electron chi connectivity index (χ1n) is 12.8. The van der Waals surface area contributed by atoms with Crippen LogP contribution in [0, 0.1) is 0 Å². The molecule has 0 saturated carbocycles. The van der Waals surface area contributed by atoms with Gasteiger partial charge in [0.2, 0.25) is 10.0 Å². The molecule has 12 heteroatoms. The molecule has 2 saturated heterocycles. The van der Waals surface area contributed by atoms with E-state index in [4.69, 9.17) is 4.99 Å². The molecular formula is C26H34N6O5S. The van der Waals surface area contributed by atoms with Crippen molar-refractivity contribution in [1.29, 1.82) is 0 Å². The van der Waals surface area contributed by atoms with Crippen LogP contribution in [0.4, 0.5) is 5.69 Å². The summed E-state index contributed by atoms with van der Waals surface area (Å²) in [6.45, 7) is 2.25. The Kier molecular flexibility index (Phi) is 9.19. The highest BCUT2D eigenvalue weighted by atomic mass is 32.2. The van der Waals surface area contributed by atoms with Crippen LogP contribution < -0.4 is 25.6 Å². The summed E-state index contributed by atoms with van der Waals surface area (Å²) in [5.41, 5.74) is 1.30. The highest BCUT2D eigenvalue weighted by Gasteiger charge is 2.26. The summed E-state index contributed by atoms with van der Waals surface area (Å²) in [5.74, 6) is -1.07. The van der Waals surface area contributed by atoms with Gasteiger partial charge in [-0.05, 0) is 62.1 Å². The van der Waals surface area contributed by atoms with E-state index in [1.807, 2.05) is 12.1 Å². The molecule has 0 spiro atoms. The van der Waals surface area contributed by atoms with E-state index in [0.29, 0.717) is 5.56 Å². The Morgan fingerprint density at radius 3 is 2.39 bits per heavy atom. The van der Waals surface area contributed by atoms with E-state index in [1.165, 1.54) is 12.1 Å². The highest BCUT2D eigenvalue weighted by Crippen LogP contribution is 2.25. The van der Waals surface area contributed by atoms with Gasteiger partial charge in [0.1, 0.15) is 12.2 Å². The second kappa shape index (κ2) is 12.7. The van der Waals surface area contributed by atoms with Gasteiger partial charge in [-0.25, -0.2) is 13.4 Å². The Morgan fingerprint density at radius 2 is 1.71 bits per heavy atom. The number of carbonyl (C=O) groups is 2. The number of sulfonamides is 1. The van der Waals surface area contributed by atoms with E-state index < -0.39 is 34.5 Å². The van der Waals surface area contributed by atoms with Crippen LogP contribution in [-0.4, -0.2) is 69.7 Å². The number of aliphatic imine (C=N–C) groups is 1. The maximum Gasteiger partial charge on any atom is 0.323 e. The molecule has 0 aliphatic carbocycles. The molecule has 1 amide bonds. The number of carbonyl (C=O) groups excluding carboxylic acids is 1. The Morgan fingerprint density at radius 1 is 1.00 bits per heavy atom. The van der Waals surface area contributed by atoms with Gasteiger partial charge in [-0.15, -0.1) is 0 Å². The standard InChI is InChI=1S/C26H34N6O5S/c33-24(29-18-22(25(34)35)31-38(36,37)21-8-3-1-4-9-21)19-11-13-20(14-12-19)32-17-6-2-5-10-23(32)30-26-27-15-7-16-28-26/h1,3-4,8-9,11-14,22-23,31H,2,5-7,10,15-18H2,(H,29,33)(H,34,35)(H2,27,28,30)/t22-,23-/m0/s1. The fourth-order valence-corrected chi connectivity index (χ4v) is 5.68. The number of rotatable bonds is 9. The lowest BCUT2D eigenvalue weighted by Gasteiger charge is -2.31. The van der Waals surface area contributed by atoms with Gasteiger partial charge in [-0.2, -0.15) is 4.72 Å². The van der Waals surface area contributed by atoms with E-state index in [1.54, 1.807) is 30.3 Å². The van der Waals surface area contributed by atoms with Crippen LogP contribution in [0.25, 0.3) is 0 Å². The molecule has 2 aromatic rings. The van der Waals surface area contributed by atoms with Crippen molar-refractivity contribution in [2.75, 3.05) is 31.1 Å². The predicted octanol–water partition coefficient (Wildman–Crippen LogP) is 1.49. The minimum atomic E-state index is -4.06. The highest BCUT2D eigenvalue weighted by molar-refractivity contribution is 7.89. The van der Waals surface area contributed by atoms with Crippen LogP contribution >= 0.6 is 0 Å². The van der Waals surface area contributed by atoms with Crippen molar-refractivity contribution in [2.24, 2.45) is 4.99 Å². The first-order valence-corrected chi connectivity index (χ1v) is 14.3. The average Bonchev–Trinajstić information content (AvgIpc) is 3.17. The molecule has 2 aromatic carbocycles. The van der Waals surface area contributed by atoms with Crippen molar-refractivity contribution >= 4 is 33.5 Å². The number of aliphatic carboxylic acids is 1. The van der Waals surface area contributed by atoms with Crippen molar-refractivity contribution in [2.45, 2.75) is 49.2 Å². The van der Waals surface area contributed by atoms with Crippen LogP contribution in [0.3, 0.4) is 0 Å². The molecular weight excluding hydrogens is 508 g/mol. The number of carboxylic acid groups (broad SMARTS) is 1. The molecule has 5 N–H and O–H groups in total. The van der Waals surface area contributed by atoms with E-state index in [2.05, 4.69) is 25.6 Å². The maximum atomic E-state index is 12.7. The Hall–Kier alpha value is -3.64. The molecule has 0 radical (unpaired) electrons. The second-order valence-corrected chi connectivity index (χ2v) is 11.0. The Bertz CT molecular complexity index is 1230. The van der Waals surface area contributed by atoms with Gasteiger partial charge in [-0.3, -0.25) is 9.59 Å². The second-order valence-electron chi connectivity index (χ2n) is 9.29. The van der Waals surface area contributed by atoms with Crippen LogP contribution in [-0.2, 0) is 14.8 Å². The summed E-state index contributed by atoms with van der Waals surface area (Å²) in [4.78, 5) is 31.5. The largest absolute Gasteiger partial charge is 0.480 e. The molecule has 0 unspecified atom stereocenters. The molecule has 2 atom stereocenters. The third kappa shape index (κ3) is 7.23. The third-order valence-corrected chi connectivity index (χ3v) is 8.00. The summed E-state index contributed by atoms with van der Waals surface area (Å²) < 4.78 is 27.2. The van der Waals surface area contributed by atoms with Gasteiger partial charge >= 0.3 is 5.97 Å². The summed E-state index contributed by atoms with van der Waals surface area (Å²) in [5, 5.41) is 18.7. The predicted molar refractivity (Wildman–Crippen MR) is 145 cm³/mol. The van der Waals surface area contributed by atoms with E-state index in [-0.39, 0.29) is 11.1 Å². The molecule has 204 valence electrons. The average molecular weight is 543 g/mol. The van der Waals surface area contributed by atoms with Crippen molar-refractivity contribution in [3.05, 3.63) is 60.2 Å². The van der Waals surface area contributed by atoms with Crippen molar-refractivity contribution in [3.63, 3.8) is 0 Å². The van der Waals surface area contributed by atoms with Gasteiger partial charge < -0.3 is 26.0 Å². The molecule has 11 nitrogen and oxygen atoms in total. The van der Waals surface area contributed by atoms with E-state index in [0.717, 1.165) is 63.4 Å². The molecule has 2 heterocycles. The van der Waals surface area contributed by atoms with Gasteiger partial charge in [0.05, 0.1) is 4.90 Å². The minimum absolute atomic E-state index is 0.0146. The first kappa shape index (κ1) is 27.4. The van der Waals surface area contributed by atoms with Crippen molar-refractivity contribution in [1.82, 2.24) is 20.7 Å². The van der Waals surface area contributed by atoms with Crippen LogP contribution in [0.15, 0.2) is 64.5 Å². The molecule has 38 heavy (non-hydrogen) atoms. The maximum absolute atomic E-state index is 12.7. The number of nitrogens with zero attached hydrogens (tertiary/aromatic N) is 2. The molecule has 4 rings (SSSR count). The molecule has 0 bridgehead atoms. The number of amides is 1. The number of hydrogen-bond acceptors (Lipinski definition) is 6. The van der Waals surface area contributed by atoms with Gasteiger partial charge in [0, 0.05) is 37.4 Å². The summed E-state index contributed by atoms with van der Waals surface area (Å²) >= 11 is 0. The Balaban J connectivity index is 1.40. The van der Waals surface area contributed by atoms with Crippen LogP contribution in [0.2, 0.25) is 0 Å². The number of nitrogens with one attached hydrogen (secondary N) is 4. The lowest BCUT2D eigenvalue weighted by molar-refractivity contribution is -0.138. The lowest BCUT2D eigenvalue weighted by Crippen LogP contribution is -2.48. The zero-order valence-corrected chi connectivity index (χ0v) is 21.9. The minimum Gasteiger partial charge on any atom is -0.480 e. The monoisotopic (exact) mass is 542 g/mol. The zero-order valence-electron chi connectivity index (χ0n) is 21.1. The smallest absolute Gasteiger partial charge is 0.323 e. The number of guanidine groups is 1. The fraction of sp³-hybridized carbons (Fsp3) is 0.423. The SMILES string of the molecule is O=C(NC[C@H](NS(=O)(=O)c1ccccc1)C(=O)O)c1ccc(N2CCCCC[C@H]2N=C2NCCCN2)cc1. The van der Waals surface area contributed by atoms with E-state index in [9.17, 15) is 23.1 Å². The zero-order chi connectivity index (χ0) is 27.0. The number of benzene rings is 2. The van der Waals surface area contributed by atoms with Gasteiger partial charge in [0.25, 0.3) is 5.91 Å². The topological polar surface area (TPSA) is 152 Å². The van der Waals surface area contributed by atoms with Crippen LogP contribution in [0.1, 0.15) is 42.5 Å². The van der Waals surface area contributed by atoms with Gasteiger partial charge in [0.15, 0.2) is 5.96 Å². The summed E-state index contributed by atoms with van der Waals surface area (Å²) in [6, 6.07) is 13.0. The molecule has 0 aromatic heterocycles. The number of carboxylic acids is 1. The fourth-order valence-electron chi connectivity index (χ4n) is 4.47. The van der Waals surface area contributed by atoms with Crippen LogP contribution in [0.5, 0.6) is 0 Å². The molecule has 2 aliphatic heterocycles. The molecule has 2 aliphatic rings. The number of anilines is 1. The normalized spacial score (nSPS) is 18.9. The van der Waals surface area contributed by atoms with Crippen molar-refractivity contribution < 1.29 is 23.1 Å². The van der Waals surface area contributed by atoms with E-state index >= 15 is 0 Å². The van der Waals surface area contributed by atoms with Crippen molar-refractivity contribution in [3.8, 4) is 0 Å². The number of hydrogen-bond donors (Lipinski definition) is 5. The lowest BCUT2D eigenvalue weighted by atomic mass is 10.1. The van der Waals surface area contributed by atoms with Gasteiger partial charge in [-0.1, -0.05) is 24.6 Å². The molecule has 2 fully saturated rings. The summed E-state index contributed by atoms with van der Waals surface area (Å²) in [6.07, 6.45) is 5.27. The Labute approximate surface area is 222 Å². The summed E-state index contributed by atoms with van der Waals surface area (Å²) in [7, 11) is -4.06. The quantitative estimate of drug-likeness (QED) is 0.320. The first-order chi connectivity index (χ1) is 18.3. The third-order valence-electron chi connectivity index (χ3n) is 6.51.